The Morgan fingerprint density at radius 1 is 1.19 bits per heavy atom. The van der Waals surface area contributed by atoms with Gasteiger partial charge in [-0.05, 0) is 44.0 Å². The lowest BCUT2D eigenvalue weighted by Crippen LogP contribution is -2.44. The molecule has 0 bridgehead atoms. The molecule has 0 spiro atoms. The molecule has 8 heteroatoms. The van der Waals surface area contributed by atoms with Crippen LogP contribution in [-0.2, 0) is 9.84 Å². The van der Waals surface area contributed by atoms with Crippen molar-refractivity contribution >= 4 is 21.2 Å². The van der Waals surface area contributed by atoms with Crippen molar-refractivity contribution in [3.8, 4) is 0 Å². The fourth-order valence-corrected chi connectivity index (χ4v) is 4.11. The Balaban J connectivity index is 2.19. The smallest absolute Gasteiger partial charge is 0.293 e. The van der Waals surface area contributed by atoms with Gasteiger partial charge in [0.15, 0.2) is 9.84 Å². The van der Waals surface area contributed by atoms with Gasteiger partial charge in [0.25, 0.3) is 5.69 Å². The predicted molar refractivity (Wildman–Crippen MR) is 103 cm³/mol. The van der Waals surface area contributed by atoms with E-state index >= 15 is 0 Å². The second-order valence-corrected chi connectivity index (χ2v) is 9.37. The maximum absolute atomic E-state index is 11.7. The molecule has 1 saturated heterocycles. The lowest BCUT2D eigenvalue weighted by atomic mass is 10.0. The third-order valence-corrected chi connectivity index (χ3v) is 6.09. The molecule has 26 heavy (non-hydrogen) atoms. The molecule has 0 aliphatic carbocycles. The highest BCUT2D eigenvalue weighted by molar-refractivity contribution is 7.90. The third kappa shape index (κ3) is 5.41. The van der Waals surface area contributed by atoms with Gasteiger partial charge in [-0.15, -0.1) is 0 Å². The van der Waals surface area contributed by atoms with E-state index in [2.05, 4.69) is 24.1 Å². The second kappa shape index (κ2) is 8.81. The number of likely N-dealkylation sites (tertiary alicyclic amines) is 1. The van der Waals surface area contributed by atoms with E-state index in [0.29, 0.717) is 18.2 Å². The first-order valence-corrected chi connectivity index (χ1v) is 11.1. The molecule has 0 radical (unpaired) electrons. The molecule has 1 aliphatic rings. The average Bonchev–Trinajstić information content (AvgIpc) is 2.83. The number of benzene rings is 1. The average molecular weight is 384 g/mol. The number of nitrogens with one attached hydrogen (secondary N) is 1. The van der Waals surface area contributed by atoms with E-state index in [1.165, 1.54) is 37.8 Å². The van der Waals surface area contributed by atoms with Crippen molar-refractivity contribution < 1.29 is 13.3 Å². The zero-order valence-electron chi connectivity index (χ0n) is 15.8. The van der Waals surface area contributed by atoms with Crippen molar-refractivity contribution in [3.05, 3.63) is 28.3 Å². The first-order valence-electron chi connectivity index (χ1n) is 9.16. The largest absolute Gasteiger partial charge is 0.378 e. The summed E-state index contributed by atoms with van der Waals surface area (Å²) >= 11 is 0. The Bertz CT molecular complexity index is 726. The molecule has 0 unspecified atom stereocenters. The molecular weight excluding hydrogens is 354 g/mol. The van der Waals surface area contributed by atoms with Crippen LogP contribution in [0.15, 0.2) is 23.1 Å². The van der Waals surface area contributed by atoms with Crippen molar-refractivity contribution in [1.82, 2.24) is 4.90 Å². The molecule has 1 aliphatic heterocycles. The topological polar surface area (TPSA) is 92.5 Å². The molecule has 1 N–H and O–H groups in total. The lowest BCUT2D eigenvalue weighted by Gasteiger charge is -2.34. The fourth-order valence-electron chi connectivity index (χ4n) is 3.47. The summed E-state index contributed by atoms with van der Waals surface area (Å²) in [5.74, 6) is 0.412. The summed E-state index contributed by atoms with van der Waals surface area (Å²) in [4.78, 5) is 13.3. The van der Waals surface area contributed by atoms with Crippen LogP contribution in [0.4, 0.5) is 11.4 Å². The maximum Gasteiger partial charge on any atom is 0.293 e. The minimum absolute atomic E-state index is 0.0392. The molecule has 1 aromatic rings. The Kier molecular flexibility index (Phi) is 7.00. The van der Waals surface area contributed by atoms with Crippen molar-refractivity contribution in [2.45, 2.75) is 50.5 Å². The van der Waals surface area contributed by atoms with E-state index in [-0.39, 0.29) is 16.6 Å². The van der Waals surface area contributed by atoms with E-state index in [1.807, 2.05) is 0 Å². The second-order valence-electron chi connectivity index (χ2n) is 7.35. The molecular formula is C18H29N3O4S. The van der Waals surface area contributed by atoms with Gasteiger partial charge in [0.1, 0.15) is 5.69 Å². The first-order chi connectivity index (χ1) is 12.2. The van der Waals surface area contributed by atoms with Crippen molar-refractivity contribution in [3.63, 3.8) is 0 Å². The van der Waals surface area contributed by atoms with Crippen LogP contribution >= 0.6 is 0 Å². The number of nitrogens with zero attached hydrogens (tertiary/aromatic N) is 2. The van der Waals surface area contributed by atoms with Gasteiger partial charge in [-0.25, -0.2) is 8.42 Å². The van der Waals surface area contributed by atoms with E-state index in [1.54, 1.807) is 0 Å². The minimum atomic E-state index is -3.48. The minimum Gasteiger partial charge on any atom is -0.378 e. The number of anilines is 1. The van der Waals surface area contributed by atoms with Crippen molar-refractivity contribution in [1.29, 1.82) is 0 Å². The third-order valence-electron chi connectivity index (χ3n) is 4.97. The molecule has 0 aromatic heterocycles. The van der Waals surface area contributed by atoms with Gasteiger partial charge in [-0.1, -0.05) is 26.7 Å². The van der Waals surface area contributed by atoms with E-state index in [4.69, 9.17) is 0 Å². The summed E-state index contributed by atoms with van der Waals surface area (Å²) in [6.07, 6.45) is 5.94. The van der Waals surface area contributed by atoms with E-state index in [0.717, 1.165) is 25.4 Å². The van der Waals surface area contributed by atoms with Gasteiger partial charge in [0.05, 0.1) is 9.82 Å². The van der Waals surface area contributed by atoms with Crippen LogP contribution in [-0.4, -0.2) is 50.2 Å². The van der Waals surface area contributed by atoms with Gasteiger partial charge < -0.3 is 5.32 Å². The Labute approximate surface area is 155 Å². The fraction of sp³-hybridized carbons (Fsp3) is 0.667. The number of hydrogen-bond donors (Lipinski definition) is 1. The highest BCUT2D eigenvalue weighted by Gasteiger charge is 2.24. The monoisotopic (exact) mass is 383 g/mol. The molecule has 146 valence electrons. The number of nitro benzene ring substituents is 1. The van der Waals surface area contributed by atoms with Gasteiger partial charge in [-0.2, -0.15) is 0 Å². The van der Waals surface area contributed by atoms with Gasteiger partial charge >= 0.3 is 0 Å². The van der Waals surface area contributed by atoms with Gasteiger partial charge in [0.2, 0.25) is 0 Å². The van der Waals surface area contributed by atoms with Crippen LogP contribution < -0.4 is 5.32 Å². The summed E-state index contributed by atoms with van der Waals surface area (Å²) < 4.78 is 23.3. The van der Waals surface area contributed by atoms with Crippen LogP contribution in [0.5, 0.6) is 0 Å². The number of rotatable bonds is 7. The molecule has 0 amide bonds. The van der Waals surface area contributed by atoms with Crippen molar-refractivity contribution in [2.75, 3.05) is 31.2 Å². The zero-order valence-corrected chi connectivity index (χ0v) is 16.6. The summed E-state index contributed by atoms with van der Waals surface area (Å²) in [7, 11) is -3.48. The Morgan fingerprint density at radius 3 is 2.31 bits per heavy atom. The van der Waals surface area contributed by atoms with Crippen LogP contribution in [0.2, 0.25) is 0 Å². The van der Waals surface area contributed by atoms with E-state index in [9.17, 15) is 18.5 Å². The standard InChI is InChI=1S/C18H29N3O4S/c1-14(2)18(20-10-6-4-5-7-11-20)13-19-16-9-8-15(26(3,24)25)12-17(16)21(22)23/h8-9,12,14,18-19H,4-7,10-11,13H2,1-3H3/t18-/m0/s1. The predicted octanol–water partition coefficient (Wildman–Crippen LogP) is 3.31. The quantitative estimate of drug-likeness (QED) is 0.573. The summed E-state index contributed by atoms with van der Waals surface area (Å²) in [5, 5.41) is 14.6. The highest BCUT2D eigenvalue weighted by Crippen LogP contribution is 2.28. The maximum atomic E-state index is 11.7. The van der Waals surface area contributed by atoms with Crippen molar-refractivity contribution in [2.24, 2.45) is 5.92 Å². The van der Waals surface area contributed by atoms with Crippen LogP contribution in [0.1, 0.15) is 39.5 Å². The lowest BCUT2D eigenvalue weighted by molar-refractivity contribution is -0.384. The Hall–Kier alpha value is -1.67. The summed E-state index contributed by atoms with van der Waals surface area (Å²) in [6.45, 7) is 7.03. The highest BCUT2D eigenvalue weighted by atomic mass is 32.2. The van der Waals surface area contributed by atoms with E-state index < -0.39 is 14.8 Å². The SMILES string of the molecule is CC(C)[C@H](CNc1ccc(S(C)(=O)=O)cc1[N+](=O)[O-])N1CCCCCC1. The summed E-state index contributed by atoms with van der Waals surface area (Å²) in [5.41, 5.74) is 0.161. The Morgan fingerprint density at radius 2 is 1.81 bits per heavy atom. The van der Waals surface area contributed by atoms with Crippen LogP contribution in [0.25, 0.3) is 0 Å². The van der Waals surface area contributed by atoms with Gasteiger partial charge in [0, 0.05) is 24.9 Å². The van der Waals surface area contributed by atoms with Crippen LogP contribution in [0.3, 0.4) is 0 Å². The molecule has 1 aromatic carbocycles. The van der Waals surface area contributed by atoms with Gasteiger partial charge in [-0.3, -0.25) is 15.0 Å². The number of nitro groups is 1. The molecule has 1 heterocycles. The molecule has 2 rings (SSSR count). The molecule has 7 nitrogen and oxygen atoms in total. The molecule has 0 saturated carbocycles. The van der Waals surface area contributed by atoms with Crippen LogP contribution in [0, 0.1) is 16.0 Å². The first kappa shape index (κ1) is 20.6. The number of hydrogen-bond acceptors (Lipinski definition) is 6. The molecule has 1 fully saturated rings. The molecule has 1 atom stereocenters. The summed E-state index contributed by atoms with van der Waals surface area (Å²) in [6, 6.07) is 4.32. The number of sulfone groups is 1. The zero-order chi connectivity index (χ0) is 19.3. The normalized spacial score (nSPS) is 17.7.